The summed E-state index contributed by atoms with van der Waals surface area (Å²) in [6.45, 7) is 4.04. The molecule has 1 heterocycles. The van der Waals surface area contributed by atoms with E-state index in [0.29, 0.717) is 6.04 Å². The first-order valence-corrected chi connectivity index (χ1v) is 5.01. The Morgan fingerprint density at radius 3 is 2.29 bits per heavy atom. The molecular weight excluding hydrogens is 198 g/mol. The molecule has 1 aliphatic rings. The van der Waals surface area contributed by atoms with Crippen molar-refractivity contribution in [3.63, 3.8) is 0 Å². The molecule has 0 aromatic carbocycles. The highest BCUT2D eigenvalue weighted by Crippen LogP contribution is 2.31. The Balaban J connectivity index is 0.000000980. The molecule has 1 saturated carbocycles. The Labute approximate surface area is 91.1 Å². The minimum atomic E-state index is 0. The van der Waals surface area contributed by atoms with Crippen LogP contribution in [-0.2, 0) is 0 Å². The van der Waals surface area contributed by atoms with Crippen LogP contribution >= 0.6 is 12.4 Å². The Morgan fingerprint density at radius 2 is 1.86 bits per heavy atom. The molecule has 80 valence electrons. The minimum absolute atomic E-state index is 0. The number of aryl methyl sites for hydroxylation is 1. The molecule has 2 N–H and O–H groups in total. The third-order valence-corrected chi connectivity index (χ3v) is 3.05. The van der Waals surface area contributed by atoms with E-state index in [9.17, 15) is 0 Å². The van der Waals surface area contributed by atoms with E-state index in [1.165, 1.54) is 25.7 Å². The number of hydrogen-bond acceptors (Lipinski definition) is 2. The van der Waals surface area contributed by atoms with E-state index in [1.54, 1.807) is 0 Å². The second-order valence-electron chi connectivity index (χ2n) is 3.97. The summed E-state index contributed by atoms with van der Waals surface area (Å²) in [6, 6.07) is 0.607. The van der Waals surface area contributed by atoms with Crippen molar-refractivity contribution in [3.05, 3.63) is 11.4 Å². The number of nitrogens with zero attached hydrogens (tertiary/aromatic N) is 2. The summed E-state index contributed by atoms with van der Waals surface area (Å²) in [5.74, 6) is 0. The lowest BCUT2D eigenvalue weighted by molar-refractivity contribution is 0.455. The van der Waals surface area contributed by atoms with Crippen LogP contribution in [0.15, 0.2) is 0 Å². The van der Waals surface area contributed by atoms with Crippen molar-refractivity contribution in [2.75, 3.05) is 5.73 Å². The Kier molecular flexibility index (Phi) is 3.43. The van der Waals surface area contributed by atoms with Crippen LogP contribution in [0.25, 0.3) is 0 Å². The van der Waals surface area contributed by atoms with E-state index in [2.05, 4.69) is 16.7 Å². The maximum absolute atomic E-state index is 5.89. The second kappa shape index (κ2) is 4.22. The van der Waals surface area contributed by atoms with Gasteiger partial charge in [0.25, 0.3) is 0 Å². The maximum atomic E-state index is 5.89. The standard InChI is InChI=1S/C10H17N3.ClH/c1-7-10(11)8(2)13(12-7)9-5-3-4-6-9;/h9H,3-6,11H2,1-2H3;1H. The van der Waals surface area contributed by atoms with Crippen LogP contribution in [0, 0.1) is 13.8 Å². The van der Waals surface area contributed by atoms with Gasteiger partial charge in [0.1, 0.15) is 0 Å². The topological polar surface area (TPSA) is 43.8 Å². The van der Waals surface area contributed by atoms with E-state index in [-0.39, 0.29) is 12.4 Å². The summed E-state index contributed by atoms with van der Waals surface area (Å²) in [4.78, 5) is 0. The third kappa shape index (κ3) is 1.73. The number of hydrogen-bond donors (Lipinski definition) is 1. The first-order chi connectivity index (χ1) is 6.20. The molecule has 0 saturated heterocycles. The van der Waals surface area contributed by atoms with Crippen LogP contribution in [0.5, 0.6) is 0 Å². The third-order valence-electron chi connectivity index (χ3n) is 3.05. The molecule has 14 heavy (non-hydrogen) atoms. The zero-order valence-corrected chi connectivity index (χ0v) is 9.60. The van der Waals surface area contributed by atoms with E-state index >= 15 is 0 Å². The summed E-state index contributed by atoms with van der Waals surface area (Å²) in [6.07, 6.45) is 5.20. The van der Waals surface area contributed by atoms with Crippen LogP contribution in [0.4, 0.5) is 5.69 Å². The van der Waals surface area contributed by atoms with Crippen molar-refractivity contribution in [3.8, 4) is 0 Å². The number of nitrogens with two attached hydrogens (primary N) is 1. The van der Waals surface area contributed by atoms with E-state index in [4.69, 9.17) is 5.73 Å². The SMILES string of the molecule is Cc1nn(C2CCCC2)c(C)c1N.Cl. The van der Waals surface area contributed by atoms with Crippen molar-refractivity contribution < 1.29 is 0 Å². The van der Waals surface area contributed by atoms with Gasteiger partial charge in [0, 0.05) is 0 Å². The molecule has 0 aliphatic heterocycles. The van der Waals surface area contributed by atoms with Crippen LogP contribution in [0.2, 0.25) is 0 Å². The lowest BCUT2D eigenvalue weighted by atomic mass is 10.2. The molecule has 2 rings (SSSR count). The molecule has 0 unspecified atom stereocenters. The van der Waals surface area contributed by atoms with Gasteiger partial charge in [-0.15, -0.1) is 12.4 Å². The van der Waals surface area contributed by atoms with Crippen LogP contribution < -0.4 is 5.73 Å². The van der Waals surface area contributed by atoms with Crippen LogP contribution in [-0.4, -0.2) is 9.78 Å². The Hall–Kier alpha value is -0.700. The minimum Gasteiger partial charge on any atom is -0.396 e. The fraction of sp³-hybridized carbons (Fsp3) is 0.700. The van der Waals surface area contributed by atoms with Crippen molar-refractivity contribution in [1.29, 1.82) is 0 Å². The molecule has 4 heteroatoms. The average Bonchev–Trinajstić information content (AvgIpc) is 2.70. The number of anilines is 1. The van der Waals surface area contributed by atoms with Gasteiger partial charge >= 0.3 is 0 Å². The van der Waals surface area contributed by atoms with Gasteiger partial charge < -0.3 is 5.73 Å². The molecule has 0 spiro atoms. The lowest BCUT2D eigenvalue weighted by Crippen LogP contribution is -2.08. The molecule has 0 bridgehead atoms. The molecular formula is C10H18ClN3. The number of rotatable bonds is 1. The smallest absolute Gasteiger partial charge is 0.0826 e. The summed E-state index contributed by atoms with van der Waals surface area (Å²) < 4.78 is 2.12. The van der Waals surface area contributed by atoms with E-state index in [0.717, 1.165) is 17.1 Å². The van der Waals surface area contributed by atoms with Crippen molar-refractivity contribution in [1.82, 2.24) is 9.78 Å². The quantitative estimate of drug-likeness (QED) is 0.783. The number of nitrogen functional groups attached to an aromatic ring is 1. The van der Waals surface area contributed by atoms with Gasteiger partial charge in [0.05, 0.1) is 23.1 Å². The first kappa shape index (κ1) is 11.4. The first-order valence-electron chi connectivity index (χ1n) is 5.01. The van der Waals surface area contributed by atoms with Gasteiger partial charge in [-0.3, -0.25) is 4.68 Å². The zero-order valence-electron chi connectivity index (χ0n) is 8.79. The molecule has 1 aliphatic carbocycles. The molecule has 1 aromatic heterocycles. The highest BCUT2D eigenvalue weighted by molar-refractivity contribution is 5.85. The summed E-state index contributed by atoms with van der Waals surface area (Å²) in [7, 11) is 0. The van der Waals surface area contributed by atoms with Crippen molar-refractivity contribution in [2.45, 2.75) is 45.6 Å². The lowest BCUT2D eigenvalue weighted by Gasteiger charge is -2.11. The average molecular weight is 216 g/mol. The highest BCUT2D eigenvalue weighted by atomic mass is 35.5. The van der Waals surface area contributed by atoms with Crippen molar-refractivity contribution in [2.24, 2.45) is 0 Å². The van der Waals surface area contributed by atoms with Gasteiger partial charge in [-0.05, 0) is 26.7 Å². The van der Waals surface area contributed by atoms with E-state index < -0.39 is 0 Å². The summed E-state index contributed by atoms with van der Waals surface area (Å²) in [5.41, 5.74) is 8.87. The van der Waals surface area contributed by atoms with Gasteiger partial charge in [-0.25, -0.2) is 0 Å². The molecule has 3 nitrogen and oxygen atoms in total. The largest absolute Gasteiger partial charge is 0.396 e. The van der Waals surface area contributed by atoms with E-state index in [1.807, 2.05) is 6.92 Å². The Bertz CT molecular complexity index is 313. The second-order valence-corrected chi connectivity index (χ2v) is 3.97. The van der Waals surface area contributed by atoms with Gasteiger partial charge in [-0.2, -0.15) is 5.10 Å². The van der Waals surface area contributed by atoms with Gasteiger partial charge in [0.2, 0.25) is 0 Å². The van der Waals surface area contributed by atoms with Gasteiger partial charge in [0.15, 0.2) is 0 Å². The highest BCUT2D eigenvalue weighted by Gasteiger charge is 2.20. The summed E-state index contributed by atoms with van der Waals surface area (Å²) >= 11 is 0. The maximum Gasteiger partial charge on any atom is 0.0826 e. The normalized spacial score (nSPS) is 17.0. The monoisotopic (exact) mass is 215 g/mol. The predicted octanol–water partition coefficient (Wildman–Crippen LogP) is 2.62. The van der Waals surface area contributed by atoms with Gasteiger partial charge in [-0.1, -0.05) is 12.8 Å². The number of halogens is 1. The fourth-order valence-electron chi connectivity index (χ4n) is 2.18. The Morgan fingerprint density at radius 1 is 1.29 bits per heavy atom. The molecule has 0 radical (unpaired) electrons. The van der Waals surface area contributed by atoms with Crippen molar-refractivity contribution >= 4 is 18.1 Å². The predicted molar refractivity (Wildman–Crippen MR) is 60.9 cm³/mol. The number of aromatic nitrogens is 2. The van der Waals surface area contributed by atoms with Crippen LogP contribution in [0.3, 0.4) is 0 Å². The fourth-order valence-corrected chi connectivity index (χ4v) is 2.18. The molecule has 0 amide bonds. The van der Waals surface area contributed by atoms with Crippen LogP contribution in [0.1, 0.15) is 43.1 Å². The summed E-state index contributed by atoms with van der Waals surface area (Å²) in [5, 5.41) is 4.48. The molecule has 1 fully saturated rings. The zero-order chi connectivity index (χ0) is 9.42. The molecule has 1 aromatic rings. The molecule has 0 atom stereocenters.